The van der Waals surface area contributed by atoms with E-state index < -0.39 is 0 Å². The fourth-order valence-electron chi connectivity index (χ4n) is 1.97. The van der Waals surface area contributed by atoms with Crippen molar-refractivity contribution in [1.29, 1.82) is 0 Å². The molecule has 0 spiro atoms. The molecule has 0 aliphatic carbocycles. The maximum atomic E-state index is 12.3. The van der Waals surface area contributed by atoms with E-state index in [-0.39, 0.29) is 12.5 Å². The van der Waals surface area contributed by atoms with E-state index in [4.69, 9.17) is 5.11 Å². The third-order valence-electron chi connectivity index (χ3n) is 2.83. The lowest BCUT2D eigenvalue weighted by Gasteiger charge is -2.19. The molecular formula is C14H16N2O2. The van der Waals surface area contributed by atoms with Gasteiger partial charge in [-0.1, -0.05) is 24.3 Å². The van der Waals surface area contributed by atoms with E-state index >= 15 is 0 Å². The Morgan fingerprint density at radius 1 is 1.44 bits per heavy atom. The van der Waals surface area contributed by atoms with Gasteiger partial charge in [0.1, 0.15) is 0 Å². The van der Waals surface area contributed by atoms with Crippen molar-refractivity contribution in [2.75, 3.05) is 19.7 Å². The Bertz CT molecular complexity index is 560. The average Bonchev–Trinajstić information content (AvgIpc) is 2.81. The average molecular weight is 244 g/mol. The van der Waals surface area contributed by atoms with Crippen molar-refractivity contribution >= 4 is 16.8 Å². The number of carbonyl (C=O) groups is 1. The Hall–Kier alpha value is -2.07. The van der Waals surface area contributed by atoms with Gasteiger partial charge in [0.15, 0.2) is 0 Å². The molecule has 0 fully saturated rings. The largest absolute Gasteiger partial charge is 0.395 e. The molecular weight excluding hydrogens is 228 g/mol. The van der Waals surface area contributed by atoms with E-state index in [1.165, 1.54) is 0 Å². The van der Waals surface area contributed by atoms with Gasteiger partial charge >= 0.3 is 0 Å². The first-order valence-corrected chi connectivity index (χ1v) is 5.85. The Morgan fingerprint density at radius 2 is 2.22 bits per heavy atom. The topological polar surface area (TPSA) is 56.3 Å². The zero-order chi connectivity index (χ0) is 13.0. The fourth-order valence-corrected chi connectivity index (χ4v) is 1.97. The number of aliphatic hydroxyl groups is 1. The number of aromatic nitrogens is 1. The molecule has 0 unspecified atom stereocenters. The summed E-state index contributed by atoms with van der Waals surface area (Å²) < 4.78 is 0. The molecule has 0 bridgehead atoms. The molecule has 0 aliphatic rings. The molecule has 94 valence electrons. The number of benzene rings is 1. The molecule has 2 rings (SSSR count). The molecule has 1 heterocycles. The van der Waals surface area contributed by atoms with Gasteiger partial charge in [-0.25, -0.2) is 0 Å². The predicted octanol–water partition coefficient (Wildman–Crippen LogP) is 1.79. The number of aliphatic hydroxyl groups excluding tert-OH is 1. The summed E-state index contributed by atoms with van der Waals surface area (Å²) in [6.07, 6.45) is 3.36. The molecule has 2 N–H and O–H groups in total. The first kappa shape index (κ1) is 12.4. The maximum Gasteiger partial charge on any atom is 0.256 e. The van der Waals surface area contributed by atoms with Gasteiger partial charge in [-0.15, -0.1) is 6.58 Å². The molecule has 18 heavy (non-hydrogen) atoms. The van der Waals surface area contributed by atoms with Crippen molar-refractivity contribution < 1.29 is 9.90 Å². The minimum absolute atomic E-state index is 0.0536. The maximum absolute atomic E-state index is 12.3. The summed E-state index contributed by atoms with van der Waals surface area (Å²) in [5.74, 6) is -0.0959. The highest BCUT2D eigenvalue weighted by atomic mass is 16.3. The highest BCUT2D eigenvalue weighted by molar-refractivity contribution is 6.06. The lowest BCUT2D eigenvalue weighted by atomic mass is 10.1. The lowest BCUT2D eigenvalue weighted by molar-refractivity contribution is 0.0745. The number of rotatable bonds is 5. The molecule has 0 saturated carbocycles. The first-order chi connectivity index (χ1) is 8.77. The van der Waals surface area contributed by atoms with Crippen LogP contribution in [0.15, 0.2) is 43.1 Å². The van der Waals surface area contributed by atoms with Crippen molar-refractivity contribution in [3.8, 4) is 0 Å². The molecule has 1 aromatic carbocycles. The molecule has 1 aromatic heterocycles. The summed E-state index contributed by atoms with van der Waals surface area (Å²) in [5.41, 5.74) is 1.56. The van der Waals surface area contributed by atoms with Gasteiger partial charge < -0.3 is 15.0 Å². The van der Waals surface area contributed by atoms with Crippen LogP contribution in [-0.2, 0) is 0 Å². The van der Waals surface area contributed by atoms with Gasteiger partial charge in [0, 0.05) is 30.2 Å². The first-order valence-electron chi connectivity index (χ1n) is 5.85. The van der Waals surface area contributed by atoms with Crippen molar-refractivity contribution in [3.63, 3.8) is 0 Å². The summed E-state index contributed by atoms with van der Waals surface area (Å²) in [6, 6.07) is 7.65. The number of nitrogens with one attached hydrogen (secondary N) is 1. The quantitative estimate of drug-likeness (QED) is 0.788. The Kier molecular flexibility index (Phi) is 3.79. The molecule has 0 radical (unpaired) electrons. The standard InChI is InChI=1S/C14H16N2O2/c1-2-7-16(8-9-17)14(18)12-10-15-13-6-4-3-5-11(12)13/h2-6,10,15,17H,1,7-9H2. The smallest absolute Gasteiger partial charge is 0.256 e. The molecule has 1 amide bonds. The van der Waals surface area contributed by atoms with Crippen LogP contribution in [-0.4, -0.2) is 40.6 Å². The van der Waals surface area contributed by atoms with Crippen LogP contribution in [0.2, 0.25) is 0 Å². The number of nitrogens with zero attached hydrogens (tertiary/aromatic N) is 1. The lowest BCUT2D eigenvalue weighted by Crippen LogP contribution is -2.33. The third-order valence-corrected chi connectivity index (χ3v) is 2.83. The van der Waals surface area contributed by atoms with E-state index in [0.717, 1.165) is 10.9 Å². The van der Waals surface area contributed by atoms with Gasteiger partial charge in [-0.2, -0.15) is 0 Å². The second kappa shape index (κ2) is 5.51. The van der Waals surface area contributed by atoms with E-state index in [1.807, 2.05) is 24.3 Å². The van der Waals surface area contributed by atoms with Crippen LogP contribution >= 0.6 is 0 Å². The molecule has 2 aromatic rings. The van der Waals surface area contributed by atoms with E-state index in [2.05, 4.69) is 11.6 Å². The van der Waals surface area contributed by atoms with E-state index in [1.54, 1.807) is 17.2 Å². The van der Waals surface area contributed by atoms with E-state index in [9.17, 15) is 4.79 Å². The van der Waals surface area contributed by atoms with Crippen LogP contribution in [0.1, 0.15) is 10.4 Å². The number of H-pyrrole nitrogens is 1. The zero-order valence-electron chi connectivity index (χ0n) is 10.1. The summed E-state index contributed by atoms with van der Waals surface area (Å²) in [7, 11) is 0. The predicted molar refractivity (Wildman–Crippen MR) is 71.5 cm³/mol. The molecule has 0 atom stereocenters. The number of hydrogen-bond donors (Lipinski definition) is 2. The normalized spacial score (nSPS) is 10.5. The number of fused-ring (bicyclic) bond motifs is 1. The summed E-state index contributed by atoms with van der Waals surface area (Å²) in [5, 5.41) is 9.88. The second-order valence-corrected chi connectivity index (χ2v) is 4.01. The second-order valence-electron chi connectivity index (χ2n) is 4.01. The minimum Gasteiger partial charge on any atom is -0.395 e. The van der Waals surface area contributed by atoms with Crippen LogP contribution in [0.3, 0.4) is 0 Å². The Morgan fingerprint density at radius 3 is 2.94 bits per heavy atom. The molecule has 0 aliphatic heterocycles. The van der Waals surface area contributed by atoms with Crippen molar-refractivity contribution in [2.24, 2.45) is 0 Å². The van der Waals surface area contributed by atoms with Crippen molar-refractivity contribution in [3.05, 3.63) is 48.7 Å². The third kappa shape index (κ3) is 2.28. The molecule has 4 nitrogen and oxygen atoms in total. The summed E-state index contributed by atoms with van der Waals surface area (Å²) in [4.78, 5) is 17.0. The molecule has 4 heteroatoms. The number of hydrogen-bond acceptors (Lipinski definition) is 2. The van der Waals surface area contributed by atoms with Crippen molar-refractivity contribution in [2.45, 2.75) is 0 Å². The minimum atomic E-state index is -0.0959. The number of aromatic amines is 1. The zero-order valence-corrected chi connectivity index (χ0v) is 10.1. The van der Waals surface area contributed by atoms with Crippen LogP contribution in [0.5, 0.6) is 0 Å². The summed E-state index contributed by atoms with van der Waals surface area (Å²) >= 11 is 0. The SMILES string of the molecule is C=CCN(CCO)C(=O)c1c[nH]c2ccccc12. The van der Waals surface area contributed by atoms with Crippen LogP contribution < -0.4 is 0 Å². The van der Waals surface area contributed by atoms with Crippen molar-refractivity contribution in [1.82, 2.24) is 9.88 Å². The molecule has 0 saturated heterocycles. The van der Waals surface area contributed by atoms with Gasteiger partial charge in [0.25, 0.3) is 5.91 Å². The Balaban J connectivity index is 2.34. The summed E-state index contributed by atoms with van der Waals surface area (Å²) in [6.45, 7) is 4.31. The van der Waals surface area contributed by atoms with Crippen LogP contribution in [0.4, 0.5) is 0 Å². The highest BCUT2D eigenvalue weighted by Gasteiger charge is 2.17. The highest BCUT2D eigenvalue weighted by Crippen LogP contribution is 2.19. The van der Waals surface area contributed by atoms with Gasteiger partial charge in [-0.3, -0.25) is 4.79 Å². The Labute approximate surface area is 106 Å². The number of para-hydroxylation sites is 1. The van der Waals surface area contributed by atoms with Gasteiger partial charge in [0.05, 0.1) is 12.2 Å². The number of amides is 1. The van der Waals surface area contributed by atoms with Crippen LogP contribution in [0.25, 0.3) is 10.9 Å². The van der Waals surface area contributed by atoms with E-state index in [0.29, 0.717) is 18.7 Å². The van der Waals surface area contributed by atoms with Gasteiger partial charge in [-0.05, 0) is 6.07 Å². The number of carbonyl (C=O) groups excluding carboxylic acids is 1. The monoisotopic (exact) mass is 244 g/mol. The van der Waals surface area contributed by atoms with Gasteiger partial charge in [0.2, 0.25) is 0 Å². The van der Waals surface area contributed by atoms with Crippen LogP contribution in [0, 0.1) is 0 Å². The fraction of sp³-hybridized carbons (Fsp3) is 0.214.